The molecule has 28 heavy (non-hydrogen) atoms. The number of aromatic nitrogens is 1. The van der Waals surface area contributed by atoms with E-state index in [1.165, 1.54) is 16.7 Å². The van der Waals surface area contributed by atoms with E-state index >= 15 is 0 Å². The van der Waals surface area contributed by atoms with Crippen LogP contribution >= 0.6 is 0 Å². The average Bonchev–Trinajstić information content (AvgIpc) is 2.71. The molecule has 0 saturated carbocycles. The molecule has 0 saturated heterocycles. The monoisotopic (exact) mass is 401 g/mol. The van der Waals surface area contributed by atoms with Crippen LogP contribution in [0.5, 0.6) is 5.75 Å². The second-order valence-electron chi connectivity index (χ2n) is 5.98. The topological polar surface area (TPSA) is 124 Å². The Morgan fingerprint density at radius 1 is 1.21 bits per heavy atom. The van der Waals surface area contributed by atoms with Crippen molar-refractivity contribution in [3.05, 3.63) is 64.4 Å². The summed E-state index contributed by atoms with van der Waals surface area (Å²) in [6.07, 6.45) is 0.672. The zero-order valence-corrected chi connectivity index (χ0v) is 15.9. The molecule has 146 valence electrons. The number of para-hydroxylation sites is 2. The number of hydrogen-bond acceptors (Lipinski definition) is 6. The molecule has 1 heterocycles. The van der Waals surface area contributed by atoms with Crippen LogP contribution in [-0.2, 0) is 21.9 Å². The molecule has 1 amide bonds. The van der Waals surface area contributed by atoms with Gasteiger partial charge in [-0.15, -0.1) is 0 Å². The van der Waals surface area contributed by atoms with Gasteiger partial charge in [0.15, 0.2) is 0 Å². The Morgan fingerprint density at radius 3 is 2.61 bits per heavy atom. The summed E-state index contributed by atoms with van der Waals surface area (Å²) in [6.45, 7) is 2.30. The number of rotatable bonds is 6. The fourth-order valence-corrected chi connectivity index (χ4v) is 3.58. The Morgan fingerprint density at radius 2 is 1.89 bits per heavy atom. The van der Waals surface area contributed by atoms with E-state index in [4.69, 9.17) is 5.90 Å². The van der Waals surface area contributed by atoms with Crippen LogP contribution in [0.25, 0.3) is 10.9 Å². The lowest BCUT2D eigenvalue weighted by atomic mass is 10.1. The Kier molecular flexibility index (Phi) is 5.88. The maximum Gasteiger partial charge on any atom is 0.267 e. The quantitative estimate of drug-likeness (QED) is 0.545. The van der Waals surface area contributed by atoms with Gasteiger partial charge in [-0.05, 0) is 30.7 Å². The first-order valence-electron chi connectivity index (χ1n) is 8.53. The van der Waals surface area contributed by atoms with Crippen molar-refractivity contribution in [1.82, 2.24) is 4.57 Å². The summed E-state index contributed by atoms with van der Waals surface area (Å²) in [5, 5.41) is 13.5. The molecule has 0 spiro atoms. The summed E-state index contributed by atoms with van der Waals surface area (Å²) in [6, 6.07) is 13.0. The Balaban J connectivity index is 2.13. The summed E-state index contributed by atoms with van der Waals surface area (Å²) >= 11 is -2.00. The van der Waals surface area contributed by atoms with Gasteiger partial charge in [0.25, 0.3) is 11.5 Å². The third-order valence-electron chi connectivity index (χ3n) is 4.22. The molecule has 4 N–H and O–H groups in total. The molecule has 0 aliphatic rings. The van der Waals surface area contributed by atoms with Gasteiger partial charge in [-0.25, -0.2) is 4.21 Å². The van der Waals surface area contributed by atoms with E-state index in [0.29, 0.717) is 23.9 Å². The third kappa shape index (κ3) is 3.55. The summed E-state index contributed by atoms with van der Waals surface area (Å²) in [7, 11) is 0. The smallest absolute Gasteiger partial charge is 0.267 e. The normalized spacial score (nSPS) is 12.1. The first kappa shape index (κ1) is 19.7. The molecule has 0 aliphatic carbocycles. The summed E-state index contributed by atoms with van der Waals surface area (Å²) < 4.78 is 17.7. The highest BCUT2D eigenvalue weighted by Crippen LogP contribution is 2.28. The molecule has 9 heteroatoms. The minimum Gasteiger partial charge on any atom is -0.506 e. The third-order valence-corrected chi connectivity index (χ3v) is 5.11. The average molecular weight is 401 g/mol. The van der Waals surface area contributed by atoms with E-state index in [9.17, 15) is 18.9 Å². The van der Waals surface area contributed by atoms with Crippen molar-refractivity contribution in [3.63, 3.8) is 0 Å². The molecule has 0 radical (unpaired) electrons. The molecule has 1 atom stereocenters. The van der Waals surface area contributed by atoms with Crippen molar-refractivity contribution in [2.24, 2.45) is 5.90 Å². The van der Waals surface area contributed by atoms with Crippen molar-refractivity contribution in [2.45, 2.75) is 24.8 Å². The van der Waals surface area contributed by atoms with E-state index < -0.39 is 28.3 Å². The van der Waals surface area contributed by atoms with Gasteiger partial charge in [-0.1, -0.05) is 31.2 Å². The SMILES string of the molecule is CCCn1c(=O)c(C(=O)Nc2ccccc2S(=O)ON)c(O)c2ccccc21. The number of benzene rings is 2. The standard InChI is InChI=1S/C19H19N3O5S/c1-2-11-22-14-9-5-3-7-12(14)17(23)16(19(22)25)18(24)21-13-8-4-6-10-15(13)28(26)27-20/h3-10,23H,2,11,20H2,1H3,(H,21,24). The lowest BCUT2D eigenvalue weighted by molar-refractivity contribution is 0.102. The largest absolute Gasteiger partial charge is 0.506 e. The van der Waals surface area contributed by atoms with E-state index in [1.807, 2.05) is 6.92 Å². The highest BCUT2D eigenvalue weighted by Gasteiger charge is 2.23. The van der Waals surface area contributed by atoms with E-state index in [1.54, 1.807) is 36.4 Å². The van der Waals surface area contributed by atoms with E-state index in [-0.39, 0.29) is 16.1 Å². The van der Waals surface area contributed by atoms with Gasteiger partial charge in [-0.2, -0.15) is 10.2 Å². The van der Waals surface area contributed by atoms with Gasteiger partial charge in [0.05, 0.1) is 16.1 Å². The maximum absolute atomic E-state index is 12.9. The number of aromatic hydroxyl groups is 1. The van der Waals surface area contributed by atoms with Crippen LogP contribution in [0.4, 0.5) is 5.69 Å². The van der Waals surface area contributed by atoms with Crippen LogP contribution in [0.2, 0.25) is 0 Å². The first-order valence-corrected chi connectivity index (χ1v) is 9.61. The minimum absolute atomic E-state index is 0.132. The number of carbonyl (C=O) groups is 1. The van der Waals surface area contributed by atoms with Crippen LogP contribution in [-0.4, -0.2) is 19.8 Å². The minimum atomic E-state index is -2.00. The summed E-state index contributed by atoms with van der Waals surface area (Å²) in [5.74, 6) is 3.75. The van der Waals surface area contributed by atoms with Crippen LogP contribution in [0.1, 0.15) is 23.7 Å². The predicted molar refractivity (Wildman–Crippen MR) is 106 cm³/mol. The van der Waals surface area contributed by atoms with Gasteiger partial charge in [0, 0.05) is 11.9 Å². The molecule has 0 bridgehead atoms. The molecular formula is C19H19N3O5S. The molecular weight excluding hydrogens is 382 g/mol. The highest BCUT2D eigenvalue weighted by atomic mass is 32.2. The predicted octanol–water partition coefficient (Wildman–Crippen LogP) is 2.28. The van der Waals surface area contributed by atoms with E-state index in [0.717, 1.165) is 0 Å². The number of hydrogen-bond donors (Lipinski definition) is 3. The van der Waals surface area contributed by atoms with Crippen molar-refractivity contribution in [1.29, 1.82) is 0 Å². The van der Waals surface area contributed by atoms with Gasteiger partial charge in [0.2, 0.25) is 11.1 Å². The van der Waals surface area contributed by atoms with Gasteiger partial charge < -0.3 is 15.0 Å². The number of amides is 1. The van der Waals surface area contributed by atoms with Crippen LogP contribution in [0.15, 0.2) is 58.2 Å². The molecule has 1 aromatic heterocycles. The molecule has 3 aromatic rings. The van der Waals surface area contributed by atoms with Crippen molar-refractivity contribution in [3.8, 4) is 5.75 Å². The second-order valence-corrected chi connectivity index (χ2v) is 7.08. The molecule has 0 aliphatic heterocycles. The van der Waals surface area contributed by atoms with Crippen LogP contribution < -0.4 is 16.8 Å². The number of nitrogens with one attached hydrogen (secondary N) is 1. The van der Waals surface area contributed by atoms with Crippen LogP contribution in [0.3, 0.4) is 0 Å². The van der Waals surface area contributed by atoms with Crippen molar-refractivity contribution >= 4 is 33.6 Å². The summed E-state index contributed by atoms with van der Waals surface area (Å²) in [4.78, 5) is 25.9. The molecule has 3 rings (SSSR count). The Labute approximate surface area is 163 Å². The van der Waals surface area contributed by atoms with Gasteiger partial charge >= 0.3 is 0 Å². The number of aryl methyl sites for hydroxylation is 1. The van der Waals surface area contributed by atoms with Gasteiger partial charge in [0.1, 0.15) is 11.3 Å². The second kappa shape index (κ2) is 8.34. The lowest BCUT2D eigenvalue weighted by Gasteiger charge is -2.15. The molecule has 2 aromatic carbocycles. The zero-order chi connectivity index (χ0) is 20.3. The number of nitrogens with two attached hydrogens (primary N) is 1. The highest BCUT2D eigenvalue weighted by molar-refractivity contribution is 7.80. The Bertz CT molecular complexity index is 1130. The lowest BCUT2D eigenvalue weighted by Crippen LogP contribution is -2.30. The van der Waals surface area contributed by atoms with E-state index in [2.05, 4.69) is 9.60 Å². The number of nitrogens with zero attached hydrogens (tertiary/aromatic N) is 1. The summed E-state index contributed by atoms with van der Waals surface area (Å²) in [5.41, 5.74) is -0.294. The molecule has 0 fully saturated rings. The fraction of sp³-hybridized carbons (Fsp3) is 0.158. The molecule has 8 nitrogen and oxygen atoms in total. The van der Waals surface area contributed by atoms with Gasteiger partial charge in [-0.3, -0.25) is 9.59 Å². The zero-order valence-electron chi connectivity index (χ0n) is 15.0. The number of pyridine rings is 1. The first-order chi connectivity index (χ1) is 13.5. The van der Waals surface area contributed by atoms with Crippen molar-refractivity contribution < 1.29 is 18.4 Å². The fourth-order valence-electron chi connectivity index (χ4n) is 2.99. The maximum atomic E-state index is 12.9. The number of carbonyl (C=O) groups excluding carboxylic acids is 1. The number of anilines is 1. The molecule has 1 unspecified atom stereocenters. The van der Waals surface area contributed by atoms with Crippen LogP contribution in [0, 0.1) is 0 Å². The Hall–Kier alpha value is -3.01. The van der Waals surface area contributed by atoms with Crippen molar-refractivity contribution in [2.75, 3.05) is 5.32 Å². The number of fused-ring (bicyclic) bond motifs is 1.